The molecule has 1 aromatic heterocycles. The molecule has 1 aromatic rings. The Morgan fingerprint density at radius 1 is 1.38 bits per heavy atom. The minimum absolute atomic E-state index is 0.340. The first-order chi connectivity index (χ1) is 7.37. The molecule has 0 unspecified atom stereocenters. The molecule has 0 aliphatic carbocycles. The molecule has 0 aromatic carbocycles. The van der Waals surface area contributed by atoms with Gasteiger partial charge in [0.1, 0.15) is 5.60 Å². The average Bonchev–Trinajstić information content (AvgIpc) is 2.14. The maximum atomic E-state index is 11.4. The zero-order chi connectivity index (χ0) is 12.2. The fourth-order valence-electron chi connectivity index (χ4n) is 1.08. The van der Waals surface area contributed by atoms with Gasteiger partial charge in [-0.05, 0) is 45.4 Å². The number of aromatic nitrogens is 1. The van der Waals surface area contributed by atoms with Gasteiger partial charge in [-0.25, -0.2) is 4.79 Å². The van der Waals surface area contributed by atoms with E-state index in [9.17, 15) is 4.79 Å². The Hall–Kier alpha value is -1.64. The topological polar surface area (TPSA) is 39.2 Å². The monoisotopic (exact) mass is 219 g/mol. The molecule has 0 atom stereocenters. The molecule has 3 heteroatoms. The highest BCUT2D eigenvalue weighted by Gasteiger charge is 2.13. The molecule has 0 saturated carbocycles. The van der Waals surface area contributed by atoms with Crippen LogP contribution in [0, 0.1) is 6.92 Å². The number of nitrogens with zero attached hydrogens (tertiary/aromatic N) is 1. The van der Waals surface area contributed by atoms with Crippen molar-refractivity contribution in [1.82, 2.24) is 4.98 Å². The number of esters is 1. The molecule has 1 heterocycles. The first-order valence-electron chi connectivity index (χ1n) is 5.20. The standard InChI is InChI=1S/C13H17NO2/c1-10-5-6-11(9-14-10)7-8-12(15)16-13(2,3)4/h5-9H,1-4H3/b8-7+. The van der Waals surface area contributed by atoms with Crippen molar-refractivity contribution < 1.29 is 9.53 Å². The van der Waals surface area contributed by atoms with Gasteiger partial charge in [-0.3, -0.25) is 4.98 Å². The highest BCUT2D eigenvalue weighted by Crippen LogP contribution is 2.08. The summed E-state index contributed by atoms with van der Waals surface area (Å²) >= 11 is 0. The van der Waals surface area contributed by atoms with E-state index in [-0.39, 0.29) is 5.97 Å². The van der Waals surface area contributed by atoms with Crippen molar-refractivity contribution in [3.63, 3.8) is 0 Å². The van der Waals surface area contributed by atoms with Crippen LogP contribution in [-0.2, 0) is 9.53 Å². The second-order valence-electron chi connectivity index (χ2n) is 4.60. The van der Waals surface area contributed by atoms with Crippen molar-refractivity contribution in [2.75, 3.05) is 0 Å². The molecule has 0 aliphatic rings. The molecular formula is C13H17NO2. The molecule has 86 valence electrons. The van der Waals surface area contributed by atoms with E-state index in [0.717, 1.165) is 11.3 Å². The SMILES string of the molecule is Cc1ccc(/C=C/C(=O)OC(C)(C)C)cn1. The smallest absolute Gasteiger partial charge is 0.331 e. The van der Waals surface area contributed by atoms with Crippen molar-refractivity contribution >= 4 is 12.0 Å². The summed E-state index contributed by atoms with van der Waals surface area (Å²) in [5.74, 6) is -0.340. The predicted octanol–water partition coefficient (Wildman–Crippen LogP) is 2.74. The summed E-state index contributed by atoms with van der Waals surface area (Å²) in [6.07, 6.45) is 4.83. The van der Waals surface area contributed by atoms with Gasteiger partial charge in [0.15, 0.2) is 0 Å². The van der Waals surface area contributed by atoms with Crippen LogP contribution in [0.2, 0.25) is 0 Å². The van der Waals surface area contributed by atoms with Crippen LogP contribution < -0.4 is 0 Å². The molecule has 3 nitrogen and oxygen atoms in total. The fourth-order valence-corrected chi connectivity index (χ4v) is 1.08. The summed E-state index contributed by atoms with van der Waals surface area (Å²) in [5, 5.41) is 0. The van der Waals surface area contributed by atoms with Crippen LogP contribution in [0.1, 0.15) is 32.0 Å². The van der Waals surface area contributed by atoms with E-state index in [4.69, 9.17) is 4.74 Å². The molecule has 0 radical (unpaired) electrons. The van der Waals surface area contributed by atoms with Gasteiger partial charge in [0.05, 0.1) is 0 Å². The summed E-state index contributed by atoms with van der Waals surface area (Å²) < 4.78 is 5.14. The molecule has 0 bridgehead atoms. The Balaban J connectivity index is 2.60. The summed E-state index contributed by atoms with van der Waals surface area (Å²) in [4.78, 5) is 15.5. The molecule has 0 aliphatic heterocycles. The normalized spacial score (nSPS) is 11.8. The van der Waals surface area contributed by atoms with E-state index in [1.807, 2.05) is 39.8 Å². The molecule has 16 heavy (non-hydrogen) atoms. The van der Waals surface area contributed by atoms with Crippen LogP contribution in [0.5, 0.6) is 0 Å². The van der Waals surface area contributed by atoms with E-state index in [2.05, 4.69) is 4.98 Å². The second-order valence-corrected chi connectivity index (χ2v) is 4.60. The Labute approximate surface area is 96.2 Å². The van der Waals surface area contributed by atoms with E-state index < -0.39 is 5.60 Å². The summed E-state index contributed by atoms with van der Waals surface area (Å²) in [6.45, 7) is 7.44. The van der Waals surface area contributed by atoms with Crippen molar-refractivity contribution in [3.05, 3.63) is 35.7 Å². The summed E-state index contributed by atoms with van der Waals surface area (Å²) in [5.41, 5.74) is 1.39. The molecule has 0 spiro atoms. The molecule has 0 N–H and O–H groups in total. The lowest BCUT2D eigenvalue weighted by molar-refractivity contribution is -0.148. The Bertz CT molecular complexity index is 385. The highest BCUT2D eigenvalue weighted by molar-refractivity contribution is 5.87. The van der Waals surface area contributed by atoms with Gasteiger partial charge >= 0.3 is 5.97 Å². The number of hydrogen-bond acceptors (Lipinski definition) is 3. The number of carbonyl (C=O) groups excluding carboxylic acids is 1. The quantitative estimate of drug-likeness (QED) is 0.567. The second kappa shape index (κ2) is 4.92. The van der Waals surface area contributed by atoms with E-state index >= 15 is 0 Å². The molecule has 0 amide bonds. The maximum Gasteiger partial charge on any atom is 0.331 e. The Kier molecular flexibility index (Phi) is 3.82. The lowest BCUT2D eigenvalue weighted by atomic mass is 10.2. The molecule has 1 rings (SSSR count). The maximum absolute atomic E-state index is 11.4. The fraction of sp³-hybridized carbons (Fsp3) is 0.385. The third kappa shape index (κ3) is 4.73. The third-order valence-electron chi connectivity index (χ3n) is 1.75. The van der Waals surface area contributed by atoms with Gasteiger partial charge in [0, 0.05) is 18.0 Å². The number of ether oxygens (including phenoxy) is 1. The van der Waals surface area contributed by atoms with Gasteiger partial charge in [-0.1, -0.05) is 6.07 Å². The average molecular weight is 219 g/mol. The van der Waals surface area contributed by atoms with Crippen LogP contribution in [0.3, 0.4) is 0 Å². The highest BCUT2D eigenvalue weighted by atomic mass is 16.6. The largest absolute Gasteiger partial charge is 0.457 e. The van der Waals surface area contributed by atoms with Gasteiger partial charge in [-0.15, -0.1) is 0 Å². The Morgan fingerprint density at radius 2 is 2.06 bits per heavy atom. The molecule has 0 fully saturated rings. The van der Waals surface area contributed by atoms with Crippen molar-refractivity contribution in [2.45, 2.75) is 33.3 Å². The number of pyridine rings is 1. The zero-order valence-corrected chi connectivity index (χ0v) is 10.2. The zero-order valence-electron chi connectivity index (χ0n) is 10.2. The lowest BCUT2D eigenvalue weighted by Gasteiger charge is -2.17. The van der Waals surface area contributed by atoms with Crippen molar-refractivity contribution in [2.24, 2.45) is 0 Å². The van der Waals surface area contributed by atoms with Gasteiger partial charge < -0.3 is 4.74 Å². The minimum atomic E-state index is -0.451. The number of hydrogen-bond donors (Lipinski definition) is 0. The van der Waals surface area contributed by atoms with Gasteiger partial charge in [0.2, 0.25) is 0 Å². The third-order valence-corrected chi connectivity index (χ3v) is 1.75. The summed E-state index contributed by atoms with van der Waals surface area (Å²) in [7, 11) is 0. The van der Waals surface area contributed by atoms with Crippen LogP contribution >= 0.6 is 0 Å². The van der Waals surface area contributed by atoms with Crippen LogP contribution in [0.15, 0.2) is 24.4 Å². The van der Waals surface area contributed by atoms with Crippen LogP contribution in [-0.4, -0.2) is 16.6 Å². The van der Waals surface area contributed by atoms with Gasteiger partial charge in [-0.2, -0.15) is 0 Å². The number of carbonyl (C=O) groups is 1. The van der Waals surface area contributed by atoms with E-state index in [1.54, 1.807) is 12.3 Å². The van der Waals surface area contributed by atoms with Crippen molar-refractivity contribution in [3.8, 4) is 0 Å². The predicted molar refractivity (Wildman–Crippen MR) is 63.9 cm³/mol. The molecule has 0 saturated heterocycles. The minimum Gasteiger partial charge on any atom is -0.457 e. The molecular weight excluding hydrogens is 202 g/mol. The first-order valence-corrected chi connectivity index (χ1v) is 5.20. The van der Waals surface area contributed by atoms with Crippen LogP contribution in [0.4, 0.5) is 0 Å². The lowest BCUT2D eigenvalue weighted by Crippen LogP contribution is -2.22. The van der Waals surface area contributed by atoms with Gasteiger partial charge in [0.25, 0.3) is 0 Å². The van der Waals surface area contributed by atoms with E-state index in [0.29, 0.717) is 0 Å². The van der Waals surface area contributed by atoms with Crippen LogP contribution in [0.25, 0.3) is 6.08 Å². The number of rotatable bonds is 2. The summed E-state index contributed by atoms with van der Waals surface area (Å²) in [6, 6.07) is 3.80. The van der Waals surface area contributed by atoms with E-state index in [1.165, 1.54) is 6.08 Å². The Morgan fingerprint density at radius 3 is 2.56 bits per heavy atom. The first kappa shape index (κ1) is 12.4. The van der Waals surface area contributed by atoms with Crippen molar-refractivity contribution in [1.29, 1.82) is 0 Å². The number of aryl methyl sites for hydroxylation is 1.